The third-order valence-electron chi connectivity index (χ3n) is 5.96. The van der Waals surface area contributed by atoms with Crippen molar-refractivity contribution in [3.8, 4) is 5.75 Å². The van der Waals surface area contributed by atoms with Crippen LogP contribution in [0.3, 0.4) is 0 Å². The van der Waals surface area contributed by atoms with Crippen molar-refractivity contribution in [3.05, 3.63) is 100 Å². The minimum atomic E-state index is -0.241. The van der Waals surface area contributed by atoms with E-state index in [1.54, 1.807) is 0 Å². The van der Waals surface area contributed by atoms with Crippen LogP contribution in [-0.2, 0) is 22.5 Å². The minimum Gasteiger partial charge on any atom is -0.494 e. The highest BCUT2D eigenvalue weighted by Gasteiger charge is 2.31. The van der Waals surface area contributed by atoms with E-state index in [4.69, 9.17) is 25.8 Å². The molecule has 3 unspecified atom stereocenters. The van der Waals surface area contributed by atoms with E-state index in [0.29, 0.717) is 19.6 Å². The summed E-state index contributed by atoms with van der Waals surface area (Å²) >= 11 is 6.54. The summed E-state index contributed by atoms with van der Waals surface area (Å²) in [4.78, 5) is 0. The van der Waals surface area contributed by atoms with Gasteiger partial charge in [-0.3, -0.25) is 0 Å². The smallest absolute Gasteiger partial charge is 0.119 e. The van der Waals surface area contributed by atoms with Crippen molar-refractivity contribution in [3.63, 3.8) is 0 Å². The fourth-order valence-electron chi connectivity index (χ4n) is 4.25. The molecule has 174 valence electrons. The molecular formula is C28H31ClO4. The predicted molar refractivity (Wildman–Crippen MR) is 131 cm³/mol. The SMILES string of the molecule is CCOc1ccc(Cc2cc(C3CC(OCc4ccccc4)CC(CO)O3)ccc2Cl)cc1. The topological polar surface area (TPSA) is 47.9 Å². The highest BCUT2D eigenvalue weighted by atomic mass is 35.5. The van der Waals surface area contributed by atoms with Crippen molar-refractivity contribution in [1.82, 2.24) is 0 Å². The number of aliphatic hydroxyl groups excluding tert-OH is 1. The van der Waals surface area contributed by atoms with Crippen LogP contribution in [0.5, 0.6) is 5.75 Å². The van der Waals surface area contributed by atoms with Gasteiger partial charge in [0.05, 0.1) is 38.1 Å². The lowest BCUT2D eigenvalue weighted by Gasteiger charge is -2.35. The van der Waals surface area contributed by atoms with E-state index in [0.717, 1.165) is 40.3 Å². The maximum Gasteiger partial charge on any atom is 0.119 e. The molecule has 1 aliphatic rings. The first-order valence-corrected chi connectivity index (χ1v) is 11.9. The average molecular weight is 467 g/mol. The molecule has 0 aliphatic carbocycles. The molecule has 3 atom stereocenters. The summed E-state index contributed by atoms with van der Waals surface area (Å²) in [5, 5.41) is 10.5. The third kappa shape index (κ3) is 6.58. The standard InChI is InChI=1S/C28H31ClO4/c1-2-31-24-11-8-20(9-12-24)14-23-15-22(10-13-27(23)29)28-17-25(16-26(18-30)33-28)32-19-21-6-4-3-5-7-21/h3-13,15,25-26,28,30H,2,14,16-19H2,1H3. The molecule has 1 fully saturated rings. The van der Waals surface area contributed by atoms with Gasteiger partial charge in [-0.1, -0.05) is 66.2 Å². The van der Waals surface area contributed by atoms with E-state index < -0.39 is 0 Å². The summed E-state index contributed by atoms with van der Waals surface area (Å²) in [6, 6.07) is 24.3. The lowest BCUT2D eigenvalue weighted by atomic mass is 9.94. The molecule has 0 saturated carbocycles. The Kier molecular flexibility index (Phi) is 8.40. The van der Waals surface area contributed by atoms with Gasteiger partial charge >= 0.3 is 0 Å². The Balaban J connectivity index is 1.46. The van der Waals surface area contributed by atoms with Gasteiger partial charge in [0, 0.05) is 17.9 Å². The van der Waals surface area contributed by atoms with E-state index in [-0.39, 0.29) is 24.9 Å². The van der Waals surface area contributed by atoms with Gasteiger partial charge in [-0.2, -0.15) is 0 Å². The quantitative estimate of drug-likeness (QED) is 0.412. The molecule has 0 bridgehead atoms. The van der Waals surface area contributed by atoms with Crippen LogP contribution in [0.15, 0.2) is 72.8 Å². The second-order valence-corrected chi connectivity index (χ2v) is 8.83. The number of hydrogen-bond acceptors (Lipinski definition) is 4. The van der Waals surface area contributed by atoms with E-state index in [1.165, 1.54) is 5.56 Å². The molecule has 3 aromatic carbocycles. The van der Waals surface area contributed by atoms with Crippen molar-refractivity contribution >= 4 is 11.6 Å². The maximum absolute atomic E-state index is 9.80. The molecule has 4 rings (SSSR count). The van der Waals surface area contributed by atoms with Gasteiger partial charge in [-0.25, -0.2) is 0 Å². The number of halogens is 1. The van der Waals surface area contributed by atoms with Gasteiger partial charge in [0.2, 0.25) is 0 Å². The van der Waals surface area contributed by atoms with Gasteiger partial charge in [-0.15, -0.1) is 0 Å². The molecule has 0 spiro atoms. The molecule has 0 aromatic heterocycles. The van der Waals surface area contributed by atoms with Gasteiger partial charge in [-0.05, 0) is 53.8 Å². The van der Waals surface area contributed by atoms with Crippen molar-refractivity contribution in [1.29, 1.82) is 0 Å². The fourth-order valence-corrected chi connectivity index (χ4v) is 4.43. The molecule has 0 radical (unpaired) electrons. The first-order chi connectivity index (χ1) is 16.1. The highest BCUT2D eigenvalue weighted by molar-refractivity contribution is 6.31. The molecule has 1 aliphatic heterocycles. The molecule has 4 nitrogen and oxygen atoms in total. The van der Waals surface area contributed by atoms with Crippen LogP contribution in [0.25, 0.3) is 0 Å². The second kappa shape index (κ2) is 11.7. The van der Waals surface area contributed by atoms with Crippen LogP contribution < -0.4 is 4.74 Å². The van der Waals surface area contributed by atoms with Crippen LogP contribution in [-0.4, -0.2) is 30.5 Å². The van der Waals surface area contributed by atoms with Crippen LogP contribution in [0.1, 0.15) is 48.1 Å². The van der Waals surface area contributed by atoms with Gasteiger partial charge in [0.1, 0.15) is 5.75 Å². The summed E-state index contributed by atoms with van der Waals surface area (Å²) < 4.78 is 17.9. The molecular weight excluding hydrogens is 436 g/mol. The number of aliphatic hydroxyl groups is 1. The van der Waals surface area contributed by atoms with Crippen LogP contribution in [0.4, 0.5) is 0 Å². The molecule has 1 heterocycles. The van der Waals surface area contributed by atoms with Gasteiger partial charge in [0.25, 0.3) is 0 Å². The second-order valence-electron chi connectivity index (χ2n) is 8.42. The zero-order chi connectivity index (χ0) is 23.0. The van der Waals surface area contributed by atoms with Crippen molar-refractivity contribution < 1.29 is 19.3 Å². The van der Waals surface area contributed by atoms with E-state index >= 15 is 0 Å². The first-order valence-electron chi connectivity index (χ1n) is 11.6. The summed E-state index contributed by atoms with van der Waals surface area (Å²) in [5.74, 6) is 0.869. The Labute approximate surface area is 201 Å². The molecule has 1 N–H and O–H groups in total. The molecule has 3 aromatic rings. The van der Waals surface area contributed by atoms with Crippen LogP contribution in [0.2, 0.25) is 5.02 Å². The average Bonchev–Trinajstić information content (AvgIpc) is 2.86. The largest absolute Gasteiger partial charge is 0.494 e. The van der Waals surface area contributed by atoms with Crippen molar-refractivity contribution in [2.75, 3.05) is 13.2 Å². The monoisotopic (exact) mass is 466 g/mol. The zero-order valence-corrected chi connectivity index (χ0v) is 19.7. The highest BCUT2D eigenvalue weighted by Crippen LogP contribution is 2.35. The van der Waals surface area contributed by atoms with Gasteiger partial charge < -0.3 is 19.3 Å². The minimum absolute atomic E-state index is 0.0195. The number of rotatable bonds is 9. The Morgan fingerprint density at radius 2 is 1.76 bits per heavy atom. The van der Waals surface area contributed by atoms with Crippen molar-refractivity contribution in [2.45, 2.75) is 51.1 Å². The summed E-state index contributed by atoms with van der Waals surface area (Å²) in [7, 11) is 0. The van der Waals surface area contributed by atoms with Crippen LogP contribution >= 0.6 is 11.6 Å². The Morgan fingerprint density at radius 1 is 0.970 bits per heavy atom. The van der Waals surface area contributed by atoms with Crippen LogP contribution in [0, 0.1) is 0 Å². The summed E-state index contributed by atoms with van der Waals surface area (Å²) in [6.45, 7) is 3.17. The predicted octanol–water partition coefficient (Wildman–Crippen LogP) is 6.13. The Morgan fingerprint density at radius 3 is 2.48 bits per heavy atom. The number of benzene rings is 3. The zero-order valence-electron chi connectivity index (χ0n) is 19.0. The maximum atomic E-state index is 9.80. The summed E-state index contributed by atoms with van der Waals surface area (Å²) in [5.41, 5.74) is 4.42. The normalized spacial score (nSPS) is 20.5. The summed E-state index contributed by atoms with van der Waals surface area (Å²) in [6.07, 6.45) is 1.79. The molecule has 33 heavy (non-hydrogen) atoms. The molecule has 0 amide bonds. The van der Waals surface area contributed by atoms with E-state index in [2.05, 4.69) is 30.3 Å². The third-order valence-corrected chi connectivity index (χ3v) is 6.33. The Bertz CT molecular complexity index is 1010. The Hall–Kier alpha value is -2.37. The number of hydrogen-bond donors (Lipinski definition) is 1. The lowest BCUT2D eigenvalue weighted by molar-refractivity contribution is -0.133. The first kappa shape index (κ1) is 23.8. The molecule has 5 heteroatoms. The van der Waals surface area contributed by atoms with E-state index in [9.17, 15) is 5.11 Å². The number of ether oxygens (including phenoxy) is 3. The van der Waals surface area contributed by atoms with Crippen molar-refractivity contribution in [2.24, 2.45) is 0 Å². The lowest BCUT2D eigenvalue weighted by Crippen LogP contribution is -2.35. The molecule has 1 saturated heterocycles. The van der Waals surface area contributed by atoms with Gasteiger partial charge in [0.15, 0.2) is 0 Å². The fraction of sp³-hybridized carbons (Fsp3) is 0.357. The van der Waals surface area contributed by atoms with E-state index in [1.807, 2.05) is 49.4 Å².